The molecule has 0 radical (unpaired) electrons. The SMILES string of the molecule is COc1cc(C)c(S(=O)(=O)NCCc2ccc(N)cc2)cc1Cl. The zero-order valence-electron chi connectivity index (χ0n) is 13.0. The van der Waals surface area contributed by atoms with E-state index in [1.54, 1.807) is 25.1 Å². The van der Waals surface area contributed by atoms with Crippen LogP contribution in [0, 0.1) is 6.92 Å². The van der Waals surface area contributed by atoms with Crippen LogP contribution in [0.3, 0.4) is 0 Å². The number of benzene rings is 2. The lowest BCUT2D eigenvalue weighted by Crippen LogP contribution is -2.26. The number of aryl methyl sites for hydroxylation is 1. The topological polar surface area (TPSA) is 81.4 Å². The molecule has 124 valence electrons. The lowest BCUT2D eigenvalue weighted by molar-refractivity contribution is 0.414. The number of anilines is 1. The first-order valence-corrected chi connectivity index (χ1v) is 8.88. The maximum absolute atomic E-state index is 12.4. The van der Waals surface area contributed by atoms with Crippen LogP contribution >= 0.6 is 11.6 Å². The van der Waals surface area contributed by atoms with E-state index in [0.717, 1.165) is 5.56 Å². The number of rotatable bonds is 6. The highest BCUT2D eigenvalue weighted by Gasteiger charge is 2.18. The average molecular weight is 355 g/mol. The molecule has 0 spiro atoms. The molecule has 2 rings (SSSR count). The van der Waals surface area contributed by atoms with Crippen LogP contribution in [0.4, 0.5) is 5.69 Å². The first-order valence-electron chi connectivity index (χ1n) is 7.01. The summed E-state index contributed by atoms with van der Waals surface area (Å²) in [6.07, 6.45) is 0.572. The first-order chi connectivity index (χ1) is 10.8. The van der Waals surface area contributed by atoms with Gasteiger partial charge in [0.2, 0.25) is 10.0 Å². The maximum Gasteiger partial charge on any atom is 0.240 e. The van der Waals surface area contributed by atoms with E-state index in [4.69, 9.17) is 22.1 Å². The Morgan fingerprint density at radius 3 is 2.48 bits per heavy atom. The smallest absolute Gasteiger partial charge is 0.240 e. The van der Waals surface area contributed by atoms with E-state index in [-0.39, 0.29) is 16.5 Å². The Hall–Kier alpha value is -1.76. The average Bonchev–Trinajstić information content (AvgIpc) is 2.51. The fourth-order valence-electron chi connectivity index (χ4n) is 2.17. The number of ether oxygens (including phenoxy) is 1. The van der Waals surface area contributed by atoms with Gasteiger partial charge in [-0.15, -0.1) is 0 Å². The summed E-state index contributed by atoms with van der Waals surface area (Å²) in [6, 6.07) is 10.3. The third-order valence-corrected chi connectivity index (χ3v) is 5.32. The van der Waals surface area contributed by atoms with Crippen LogP contribution in [0.25, 0.3) is 0 Å². The largest absolute Gasteiger partial charge is 0.495 e. The van der Waals surface area contributed by atoms with Gasteiger partial charge in [-0.1, -0.05) is 23.7 Å². The van der Waals surface area contributed by atoms with Gasteiger partial charge in [-0.3, -0.25) is 0 Å². The van der Waals surface area contributed by atoms with E-state index >= 15 is 0 Å². The molecule has 7 heteroatoms. The molecule has 0 bridgehead atoms. The fourth-order valence-corrected chi connectivity index (χ4v) is 3.76. The zero-order valence-corrected chi connectivity index (χ0v) is 14.5. The van der Waals surface area contributed by atoms with Crippen molar-refractivity contribution in [3.8, 4) is 5.75 Å². The molecule has 0 atom stereocenters. The van der Waals surface area contributed by atoms with Gasteiger partial charge in [0.15, 0.2) is 0 Å². The van der Waals surface area contributed by atoms with Crippen molar-refractivity contribution in [2.45, 2.75) is 18.2 Å². The molecular formula is C16H19ClN2O3S. The number of halogens is 1. The monoisotopic (exact) mass is 354 g/mol. The van der Waals surface area contributed by atoms with Gasteiger partial charge in [-0.25, -0.2) is 13.1 Å². The molecule has 5 nitrogen and oxygen atoms in total. The Morgan fingerprint density at radius 1 is 1.22 bits per heavy atom. The summed E-state index contributed by atoms with van der Waals surface area (Å²) >= 11 is 6.02. The second-order valence-electron chi connectivity index (χ2n) is 5.14. The number of nitrogens with one attached hydrogen (secondary N) is 1. The summed E-state index contributed by atoms with van der Waals surface area (Å²) in [5.41, 5.74) is 7.88. The molecule has 0 heterocycles. The van der Waals surface area contributed by atoms with Gasteiger partial charge in [0.1, 0.15) is 5.75 Å². The minimum atomic E-state index is -3.63. The Balaban J connectivity index is 2.10. The van der Waals surface area contributed by atoms with Crippen LogP contribution in [0.2, 0.25) is 5.02 Å². The van der Waals surface area contributed by atoms with Crippen molar-refractivity contribution in [3.63, 3.8) is 0 Å². The summed E-state index contributed by atoms with van der Waals surface area (Å²) in [4.78, 5) is 0.153. The molecule has 0 unspecified atom stereocenters. The molecule has 0 aliphatic carbocycles. The fraction of sp³-hybridized carbons (Fsp3) is 0.250. The highest BCUT2D eigenvalue weighted by Crippen LogP contribution is 2.30. The Labute approximate surface area is 141 Å². The number of methoxy groups -OCH3 is 1. The summed E-state index contributed by atoms with van der Waals surface area (Å²) in [7, 11) is -2.15. The molecule has 23 heavy (non-hydrogen) atoms. The minimum Gasteiger partial charge on any atom is -0.495 e. The van der Waals surface area contributed by atoms with Crippen molar-refractivity contribution in [3.05, 3.63) is 52.5 Å². The van der Waals surface area contributed by atoms with Crippen LogP contribution in [0.1, 0.15) is 11.1 Å². The summed E-state index contributed by atoms with van der Waals surface area (Å²) in [6.45, 7) is 1.99. The van der Waals surface area contributed by atoms with Crippen LogP contribution < -0.4 is 15.2 Å². The van der Waals surface area contributed by atoms with Crippen LogP contribution in [0.5, 0.6) is 5.75 Å². The molecule has 0 amide bonds. The van der Waals surface area contributed by atoms with Crippen LogP contribution in [0.15, 0.2) is 41.3 Å². The van der Waals surface area contributed by atoms with Gasteiger partial charge in [-0.05, 0) is 48.7 Å². The molecule has 0 fully saturated rings. The number of nitrogen functional groups attached to an aromatic ring is 1. The third-order valence-electron chi connectivity index (χ3n) is 3.42. The molecule has 2 aromatic rings. The molecule has 0 aromatic heterocycles. The standard InChI is InChI=1S/C16H19ClN2O3S/c1-11-9-15(22-2)14(17)10-16(11)23(20,21)19-8-7-12-3-5-13(18)6-4-12/h3-6,9-10,19H,7-8,18H2,1-2H3. The van der Waals surface area contributed by atoms with Crippen LogP contribution in [-0.4, -0.2) is 22.1 Å². The van der Waals surface area contributed by atoms with Crippen molar-refractivity contribution in [2.75, 3.05) is 19.4 Å². The first kappa shape index (κ1) is 17.6. The van der Waals surface area contributed by atoms with Crippen molar-refractivity contribution in [1.82, 2.24) is 4.72 Å². The van der Waals surface area contributed by atoms with E-state index in [0.29, 0.717) is 23.4 Å². The number of hydrogen-bond acceptors (Lipinski definition) is 4. The van der Waals surface area contributed by atoms with Gasteiger partial charge in [0.05, 0.1) is 17.0 Å². The minimum absolute atomic E-state index is 0.153. The Morgan fingerprint density at radius 2 is 1.87 bits per heavy atom. The van der Waals surface area contributed by atoms with Gasteiger partial charge < -0.3 is 10.5 Å². The lowest BCUT2D eigenvalue weighted by atomic mass is 10.1. The lowest BCUT2D eigenvalue weighted by Gasteiger charge is -2.12. The third kappa shape index (κ3) is 4.37. The number of nitrogens with two attached hydrogens (primary N) is 1. The van der Waals surface area contributed by atoms with Crippen molar-refractivity contribution in [2.24, 2.45) is 0 Å². The van der Waals surface area contributed by atoms with Gasteiger partial charge >= 0.3 is 0 Å². The van der Waals surface area contributed by atoms with E-state index in [2.05, 4.69) is 4.72 Å². The summed E-state index contributed by atoms with van der Waals surface area (Å²) in [5.74, 6) is 0.449. The predicted molar refractivity (Wildman–Crippen MR) is 92.5 cm³/mol. The van der Waals surface area contributed by atoms with Crippen molar-refractivity contribution in [1.29, 1.82) is 0 Å². The molecule has 2 aromatic carbocycles. The Bertz CT molecular complexity index is 790. The molecule has 0 saturated heterocycles. The van der Waals surface area contributed by atoms with E-state index < -0.39 is 10.0 Å². The van der Waals surface area contributed by atoms with E-state index in [1.165, 1.54) is 13.2 Å². The predicted octanol–water partition coefficient (Wildman–Crippen LogP) is 2.76. The molecule has 0 aliphatic rings. The van der Waals surface area contributed by atoms with Crippen LogP contribution in [-0.2, 0) is 16.4 Å². The highest BCUT2D eigenvalue weighted by atomic mass is 35.5. The summed E-state index contributed by atoms with van der Waals surface area (Å²) < 4.78 is 32.5. The number of hydrogen-bond donors (Lipinski definition) is 2. The number of sulfonamides is 1. The van der Waals surface area contributed by atoms with Crippen molar-refractivity contribution >= 4 is 27.3 Å². The molecule has 3 N–H and O–H groups in total. The quantitative estimate of drug-likeness (QED) is 0.781. The summed E-state index contributed by atoms with van der Waals surface area (Å²) in [5, 5.41) is 0.261. The van der Waals surface area contributed by atoms with Gasteiger partial charge in [-0.2, -0.15) is 0 Å². The molecule has 0 saturated carbocycles. The molecular weight excluding hydrogens is 336 g/mol. The highest BCUT2D eigenvalue weighted by molar-refractivity contribution is 7.89. The zero-order chi connectivity index (χ0) is 17.0. The van der Waals surface area contributed by atoms with Gasteiger partial charge in [0, 0.05) is 12.2 Å². The van der Waals surface area contributed by atoms with E-state index in [9.17, 15) is 8.42 Å². The maximum atomic E-state index is 12.4. The Kier molecular flexibility index (Phi) is 5.51. The van der Waals surface area contributed by atoms with E-state index in [1.807, 2.05) is 12.1 Å². The van der Waals surface area contributed by atoms with Crippen molar-refractivity contribution < 1.29 is 13.2 Å². The molecule has 0 aliphatic heterocycles. The second-order valence-corrected chi connectivity index (χ2v) is 7.28. The van der Waals surface area contributed by atoms with Gasteiger partial charge in [0.25, 0.3) is 0 Å². The normalized spacial score (nSPS) is 11.4. The second kappa shape index (κ2) is 7.21.